The van der Waals surface area contributed by atoms with Crippen molar-refractivity contribution in [2.75, 3.05) is 24.0 Å². The number of nitrogens with two attached hydrogens (primary N) is 1. The zero-order chi connectivity index (χ0) is 12.1. The quantitative estimate of drug-likeness (QED) is 0.844. The average molecular weight is 240 g/mol. The molecule has 1 atom stereocenters. The highest BCUT2D eigenvalue weighted by molar-refractivity contribution is 7.98. The number of hydrogen-bond donors (Lipinski definition) is 1. The van der Waals surface area contributed by atoms with Crippen LogP contribution in [0, 0.1) is 6.92 Å². The number of thioether (sulfide) groups is 1. The molecule has 0 aliphatic carbocycles. The van der Waals surface area contributed by atoms with Gasteiger partial charge in [-0.05, 0) is 26.2 Å². The summed E-state index contributed by atoms with van der Waals surface area (Å²) in [6.45, 7) is 4.60. The molecule has 1 unspecified atom stereocenters. The minimum Gasteiger partial charge on any atom is -0.340 e. The Hall–Kier alpha value is -0.810. The summed E-state index contributed by atoms with van der Waals surface area (Å²) in [5.41, 5.74) is 7.47. The van der Waals surface area contributed by atoms with Gasteiger partial charge < -0.3 is 10.6 Å². The van der Waals surface area contributed by atoms with E-state index in [9.17, 15) is 0 Å². The van der Waals surface area contributed by atoms with Gasteiger partial charge in [0.2, 0.25) is 5.95 Å². The molecule has 5 heteroatoms. The summed E-state index contributed by atoms with van der Waals surface area (Å²) < 4.78 is 0. The lowest BCUT2D eigenvalue weighted by molar-refractivity contribution is 0.730. The van der Waals surface area contributed by atoms with Crippen LogP contribution in [0.1, 0.15) is 18.3 Å². The number of hydrogen-bond acceptors (Lipinski definition) is 5. The lowest BCUT2D eigenvalue weighted by atomic mass is 10.3. The van der Waals surface area contributed by atoms with Crippen LogP contribution in [0.25, 0.3) is 0 Å². The van der Waals surface area contributed by atoms with E-state index in [1.807, 2.05) is 31.8 Å². The molecule has 16 heavy (non-hydrogen) atoms. The predicted molar refractivity (Wildman–Crippen MR) is 70.9 cm³/mol. The molecule has 0 saturated heterocycles. The highest BCUT2D eigenvalue weighted by atomic mass is 32.2. The summed E-state index contributed by atoms with van der Waals surface area (Å²) in [7, 11) is 2.02. The van der Waals surface area contributed by atoms with Crippen LogP contribution in [0.4, 0.5) is 5.95 Å². The predicted octanol–water partition coefficient (Wildman–Crippen LogP) is 1.43. The molecule has 0 aromatic carbocycles. The Bertz CT molecular complexity index is 343. The maximum atomic E-state index is 5.61. The lowest BCUT2D eigenvalue weighted by Crippen LogP contribution is -2.32. The Morgan fingerprint density at radius 1 is 1.50 bits per heavy atom. The van der Waals surface area contributed by atoms with E-state index < -0.39 is 0 Å². The van der Waals surface area contributed by atoms with Gasteiger partial charge in [-0.15, -0.1) is 0 Å². The second-order valence-corrected chi connectivity index (χ2v) is 4.83. The summed E-state index contributed by atoms with van der Waals surface area (Å²) in [6.07, 6.45) is 2.10. The van der Waals surface area contributed by atoms with Crippen LogP contribution < -0.4 is 10.6 Å². The van der Waals surface area contributed by atoms with Crippen LogP contribution in [0.5, 0.6) is 0 Å². The summed E-state index contributed by atoms with van der Waals surface area (Å²) in [6, 6.07) is 2.35. The number of aryl methyl sites for hydroxylation is 1. The smallest absolute Gasteiger partial charge is 0.225 e. The number of rotatable bonds is 5. The Kier molecular flexibility index (Phi) is 5.02. The minimum atomic E-state index is 0.419. The van der Waals surface area contributed by atoms with E-state index >= 15 is 0 Å². The molecule has 4 nitrogen and oxygen atoms in total. The monoisotopic (exact) mass is 240 g/mol. The van der Waals surface area contributed by atoms with Crippen molar-refractivity contribution in [1.29, 1.82) is 0 Å². The number of aromatic nitrogens is 2. The van der Waals surface area contributed by atoms with E-state index in [0.717, 1.165) is 23.1 Å². The third-order valence-electron chi connectivity index (χ3n) is 2.49. The van der Waals surface area contributed by atoms with Crippen molar-refractivity contribution in [3.63, 3.8) is 0 Å². The van der Waals surface area contributed by atoms with Gasteiger partial charge in [-0.2, -0.15) is 11.8 Å². The average Bonchev–Trinajstić information content (AvgIpc) is 2.27. The van der Waals surface area contributed by atoms with Crippen molar-refractivity contribution in [3.05, 3.63) is 17.5 Å². The molecule has 0 amide bonds. The summed E-state index contributed by atoms with van der Waals surface area (Å²) >= 11 is 1.82. The van der Waals surface area contributed by atoms with E-state index in [-0.39, 0.29) is 0 Å². The van der Waals surface area contributed by atoms with Gasteiger partial charge in [-0.3, -0.25) is 0 Å². The van der Waals surface area contributed by atoms with Gasteiger partial charge in [-0.25, -0.2) is 9.97 Å². The summed E-state index contributed by atoms with van der Waals surface area (Å²) in [4.78, 5) is 11.0. The van der Waals surface area contributed by atoms with Crippen molar-refractivity contribution in [2.45, 2.75) is 26.4 Å². The fourth-order valence-corrected chi connectivity index (χ4v) is 2.14. The maximum Gasteiger partial charge on any atom is 0.225 e. The largest absolute Gasteiger partial charge is 0.340 e. The first-order chi connectivity index (χ1) is 7.58. The SMILES string of the molecule is CSCC(C)N(C)c1nc(C)cc(CN)n1. The van der Waals surface area contributed by atoms with Gasteiger partial charge in [0.1, 0.15) is 0 Å². The first-order valence-electron chi connectivity index (χ1n) is 5.35. The van der Waals surface area contributed by atoms with Crippen LogP contribution in [0.3, 0.4) is 0 Å². The van der Waals surface area contributed by atoms with E-state index in [1.54, 1.807) is 0 Å². The highest BCUT2D eigenvalue weighted by Gasteiger charge is 2.12. The van der Waals surface area contributed by atoms with Crippen molar-refractivity contribution >= 4 is 17.7 Å². The summed E-state index contributed by atoms with van der Waals surface area (Å²) in [5.74, 6) is 1.83. The van der Waals surface area contributed by atoms with Crippen LogP contribution in [0.2, 0.25) is 0 Å². The molecule has 0 fully saturated rings. The second kappa shape index (κ2) is 6.06. The third-order valence-corrected chi connectivity index (χ3v) is 3.30. The van der Waals surface area contributed by atoms with Crippen LogP contribution in [0.15, 0.2) is 6.07 Å². The fraction of sp³-hybridized carbons (Fsp3) is 0.636. The van der Waals surface area contributed by atoms with Crippen LogP contribution in [-0.4, -0.2) is 35.1 Å². The molecule has 90 valence electrons. The lowest BCUT2D eigenvalue weighted by Gasteiger charge is -2.24. The molecule has 1 aromatic rings. The first-order valence-corrected chi connectivity index (χ1v) is 6.74. The molecular weight excluding hydrogens is 220 g/mol. The molecule has 0 bridgehead atoms. The molecule has 1 rings (SSSR count). The fourth-order valence-electron chi connectivity index (χ4n) is 1.43. The van der Waals surface area contributed by atoms with Crippen molar-refractivity contribution in [3.8, 4) is 0 Å². The third kappa shape index (κ3) is 3.35. The Morgan fingerprint density at radius 2 is 2.19 bits per heavy atom. The second-order valence-electron chi connectivity index (χ2n) is 3.92. The molecular formula is C11H20N4S. The highest BCUT2D eigenvalue weighted by Crippen LogP contribution is 2.13. The van der Waals surface area contributed by atoms with E-state index in [0.29, 0.717) is 12.6 Å². The zero-order valence-electron chi connectivity index (χ0n) is 10.4. The number of anilines is 1. The molecule has 1 aromatic heterocycles. The van der Waals surface area contributed by atoms with Gasteiger partial charge in [0.05, 0.1) is 5.69 Å². The molecule has 0 aliphatic heterocycles. The van der Waals surface area contributed by atoms with Crippen molar-refractivity contribution in [2.24, 2.45) is 5.73 Å². The normalized spacial score (nSPS) is 12.6. The van der Waals surface area contributed by atoms with Gasteiger partial charge in [0.25, 0.3) is 0 Å². The van der Waals surface area contributed by atoms with Crippen molar-refractivity contribution < 1.29 is 0 Å². The van der Waals surface area contributed by atoms with E-state index in [2.05, 4.69) is 28.0 Å². The Balaban J connectivity index is 2.89. The topological polar surface area (TPSA) is 55.0 Å². The minimum absolute atomic E-state index is 0.419. The molecule has 1 heterocycles. The van der Waals surface area contributed by atoms with Gasteiger partial charge in [0, 0.05) is 31.1 Å². The van der Waals surface area contributed by atoms with E-state index in [4.69, 9.17) is 5.73 Å². The zero-order valence-corrected chi connectivity index (χ0v) is 11.2. The van der Waals surface area contributed by atoms with Crippen LogP contribution >= 0.6 is 11.8 Å². The number of nitrogens with zero attached hydrogens (tertiary/aromatic N) is 3. The molecule has 2 N–H and O–H groups in total. The molecule has 0 radical (unpaired) electrons. The summed E-state index contributed by atoms with van der Waals surface area (Å²) in [5, 5.41) is 0. The molecule has 0 saturated carbocycles. The Morgan fingerprint density at radius 3 is 2.75 bits per heavy atom. The first kappa shape index (κ1) is 13.3. The maximum absolute atomic E-state index is 5.61. The van der Waals surface area contributed by atoms with Gasteiger partial charge >= 0.3 is 0 Å². The standard InChI is InChI=1S/C11H20N4S/c1-8-5-10(6-12)14-11(13-8)15(3)9(2)7-16-4/h5,9H,6-7,12H2,1-4H3. The molecule has 0 spiro atoms. The van der Waals surface area contributed by atoms with E-state index in [1.165, 1.54) is 0 Å². The van der Waals surface area contributed by atoms with Crippen LogP contribution in [-0.2, 0) is 6.54 Å². The van der Waals surface area contributed by atoms with Gasteiger partial charge in [0.15, 0.2) is 0 Å². The Labute approximate surface area is 102 Å². The van der Waals surface area contributed by atoms with Crippen molar-refractivity contribution in [1.82, 2.24) is 9.97 Å². The van der Waals surface area contributed by atoms with Gasteiger partial charge in [-0.1, -0.05) is 0 Å². The molecule has 0 aliphatic rings.